The van der Waals surface area contributed by atoms with Gasteiger partial charge in [0.25, 0.3) is 0 Å². The predicted molar refractivity (Wildman–Crippen MR) is 104 cm³/mol. The van der Waals surface area contributed by atoms with Crippen molar-refractivity contribution < 1.29 is 19.4 Å². The zero-order chi connectivity index (χ0) is 19.1. The van der Waals surface area contributed by atoms with Crippen LogP contribution in [0.2, 0.25) is 0 Å². The maximum Gasteiger partial charge on any atom is 0.336 e. The summed E-state index contributed by atoms with van der Waals surface area (Å²) in [7, 11) is 0. The maximum atomic E-state index is 12.0. The number of esters is 1. The summed E-state index contributed by atoms with van der Waals surface area (Å²) in [5, 5.41) is 9.68. The highest BCUT2D eigenvalue weighted by atomic mass is 16.5. The van der Waals surface area contributed by atoms with Crippen molar-refractivity contribution in [2.75, 3.05) is 0 Å². The van der Waals surface area contributed by atoms with Crippen molar-refractivity contribution in [2.45, 2.75) is 6.61 Å². The van der Waals surface area contributed by atoms with Crippen LogP contribution in [0.15, 0.2) is 84.9 Å². The molecule has 0 amide bonds. The van der Waals surface area contributed by atoms with E-state index in [1.807, 2.05) is 60.7 Å². The molecule has 0 bridgehead atoms. The standard InChI is InChI=1S/C23H18O4/c24-21(27-16-17-8-3-1-4-9-17)15-14-19-12-7-13-20(22(19)23(25)26)18-10-5-2-6-11-18/h1-15H,16H2,(H,25,26)/b15-14+. The van der Waals surface area contributed by atoms with Crippen LogP contribution in [0.1, 0.15) is 21.5 Å². The number of carboxylic acids is 1. The molecule has 4 heteroatoms. The molecule has 1 N–H and O–H groups in total. The van der Waals surface area contributed by atoms with Crippen molar-refractivity contribution >= 4 is 18.0 Å². The van der Waals surface area contributed by atoms with Gasteiger partial charge in [0, 0.05) is 6.08 Å². The smallest absolute Gasteiger partial charge is 0.336 e. The summed E-state index contributed by atoms with van der Waals surface area (Å²) < 4.78 is 5.19. The first-order chi connectivity index (χ1) is 13.1. The SMILES string of the molecule is O=C(/C=C/c1cccc(-c2ccccc2)c1C(=O)O)OCc1ccccc1. The van der Waals surface area contributed by atoms with Crippen LogP contribution < -0.4 is 0 Å². The van der Waals surface area contributed by atoms with E-state index in [0.29, 0.717) is 11.1 Å². The highest BCUT2D eigenvalue weighted by molar-refractivity contribution is 6.01. The Bertz CT molecular complexity index is 960. The Kier molecular flexibility index (Phi) is 5.80. The summed E-state index contributed by atoms with van der Waals surface area (Å²) in [6.07, 6.45) is 2.72. The molecule has 0 aliphatic carbocycles. The second-order valence-corrected chi connectivity index (χ2v) is 5.87. The number of rotatable bonds is 6. The Hall–Kier alpha value is -3.66. The van der Waals surface area contributed by atoms with Gasteiger partial charge in [0.05, 0.1) is 5.56 Å². The maximum absolute atomic E-state index is 12.0. The van der Waals surface area contributed by atoms with E-state index in [-0.39, 0.29) is 12.2 Å². The van der Waals surface area contributed by atoms with Gasteiger partial charge >= 0.3 is 11.9 Å². The molecule has 134 valence electrons. The van der Waals surface area contributed by atoms with Gasteiger partial charge < -0.3 is 9.84 Å². The Balaban J connectivity index is 1.81. The molecule has 0 heterocycles. The minimum absolute atomic E-state index is 0.149. The fourth-order valence-electron chi connectivity index (χ4n) is 2.74. The van der Waals surface area contributed by atoms with Crippen LogP contribution in [0.25, 0.3) is 17.2 Å². The molecular formula is C23H18O4. The Labute approximate surface area is 157 Å². The number of carboxylic acid groups (broad SMARTS) is 1. The van der Waals surface area contributed by atoms with E-state index in [1.165, 1.54) is 12.2 Å². The zero-order valence-electron chi connectivity index (χ0n) is 14.5. The van der Waals surface area contributed by atoms with Crippen LogP contribution in [0.4, 0.5) is 0 Å². The molecule has 27 heavy (non-hydrogen) atoms. The molecule has 4 nitrogen and oxygen atoms in total. The number of ether oxygens (including phenoxy) is 1. The van der Waals surface area contributed by atoms with Crippen molar-refractivity contribution in [3.8, 4) is 11.1 Å². The van der Waals surface area contributed by atoms with Crippen LogP contribution in [0, 0.1) is 0 Å². The normalized spacial score (nSPS) is 10.7. The lowest BCUT2D eigenvalue weighted by atomic mass is 9.95. The van der Waals surface area contributed by atoms with E-state index in [9.17, 15) is 14.7 Å². The lowest BCUT2D eigenvalue weighted by Crippen LogP contribution is -2.04. The summed E-state index contributed by atoms with van der Waals surface area (Å²) in [6, 6.07) is 23.8. The molecule has 3 aromatic rings. The second kappa shape index (κ2) is 8.63. The van der Waals surface area contributed by atoms with Crippen LogP contribution in [0.5, 0.6) is 0 Å². The van der Waals surface area contributed by atoms with Crippen molar-refractivity contribution in [1.82, 2.24) is 0 Å². The van der Waals surface area contributed by atoms with Crippen LogP contribution >= 0.6 is 0 Å². The van der Waals surface area contributed by atoms with Crippen molar-refractivity contribution in [2.24, 2.45) is 0 Å². The monoisotopic (exact) mass is 358 g/mol. The number of hydrogen-bond acceptors (Lipinski definition) is 3. The highest BCUT2D eigenvalue weighted by Crippen LogP contribution is 2.27. The van der Waals surface area contributed by atoms with E-state index < -0.39 is 11.9 Å². The van der Waals surface area contributed by atoms with Gasteiger partial charge in [-0.25, -0.2) is 9.59 Å². The average Bonchev–Trinajstić information content (AvgIpc) is 2.71. The predicted octanol–water partition coefficient (Wildman–Crippen LogP) is 4.81. The minimum atomic E-state index is -1.05. The molecule has 0 radical (unpaired) electrons. The molecule has 3 aromatic carbocycles. The molecule has 0 aliphatic rings. The molecule has 0 aliphatic heterocycles. The lowest BCUT2D eigenvalue weighted by Gasteiger charge is -2.09. The highest BCUT2D eigenvalue weighted by Gasteiger charge is 2.15. The van der Waals surface area contributed by atoms with Gasteiger partial charge in [-0.3, -0.25) is 0 Å². The number of hydrogen-bond donors (Lipinski definition) is 1. The third-order valence-corrected chi connectivity index (χ3v) is 4.02. The van der Waals surface area contributed by atoms with Gasteiger partial charge in [-0.2, -0.15) is 0 Å². The third kappa shape index (κ3) is 4.70. The van der Waals surface area contributed by atoms with Gasteiger partial charge in [0.15, 0.2) is 0 Å². The van der Waals surface area contributed by atoms with Crippen LogP contribution in [-0.4, -0.2) is 17.0 Å². The number of carbonyl (C=O) groups excluding carboxylic acids is 1. The molecule has 0 aromatic heterocycles. The second-order valence-electron chi connectivity index (χ2n) is 5.87. The number of benzene rings is 3. The van der Waals surface area contributed by atoms with Crippen molar-refractivity contribution in [3.63, 3.8) is 0 Å². The molecule has 0 unspecified atom stereocenters. The van der Waals surface area contributed by atoms with Gasteiger partial charge in [0.2, 0.25) is 0 Å². The third-order valence-electron chi connectivity index (χ3n) is 4.02. The summed E-state index contributed by atoms with van der Waals surface area (Å²) in [5.74, 6) is -1.58. The fourth-order valence-corrected chi connectivity index (χ4v) is 2.74. The Morgan fingerprint density at radius 2 is 1.52 bits per heavy atom. The average molecular weight is 358 g/mol. The molecular weight excluding hydrogens is 340 g/mol. The topological polar surface area (TPSA) is 63.6 Å². The molecule has 0 atom stereocenters. The van der Waals surface area contributed by atoms with E-state index in [0.717, 1.165) is 11.1 Å². The Morgan fingerprint density at radius 3 is 2.19 bits per heavy atom. The van der Waals surface area contributed by atoms with Gasteiger partial charge in [-0.15, -0.1) is 0 Å². The summed E-state index contributed by atoms with van der Waals surface area (Å²) in [6.45, 7) is 0.167. The number of aromatic carboxylic acids is 1. The van der Waals surface area contributed by atoms with E-state index >= 15 is 0 Å². The summed E-state index contributed by atoms with van der Waals surface area (Å²) >= 11 is 0. The first kappa shape index (κ1) is 18.1. The van der Waals surface area contributed by atoms with E-state index in [2.05, 4.69) is 0 Å². The lowest BCUT2D eigenvalue weighted by molar-refractivity contribution is -0.138. The molecule has 0 saturated heterocycles. The van der Waals surface area contributed by atoms with Crippen molar-refractivity contribution in [1.29, 1.82) is 0 Å². The van der Waals surface area contributed by atoms with Crippen LogP contribution in [0.3, 0.4) is 0 Å². The zero-order valence-corrected chi connectivity index (χ0v) is 14.5. The quantitative estimate of drug-likeness (QED) is 0.507. The number of carbonyl (C=O) groups is 2. The van der Waals surface area contributed by atoms with Crippen molar-refractivity contribution in [3.05, 3.63) is 102 Å². The van der Waals surface area contributed by atoms with Gasteiger partial charge in [-0.1, -0.05) is 78.9 Å². The van der Waals surface area contributed by atoms with Crippen LogP contribution in [-0.2, 0) is 16.1 Å². The van der Waals surface area contributed by atoms with Gasteiger partial charge in [-0.05, 0) is 28.3 Å². The first-order valence-corrected chi connectivity index (χ1v) is 8.45. The van der Waals surface area contributed by atoms with E-state index in [1.54, 1.807) is 18.2 Å². The molecule has 0 saturated carbocycles. The fraction of sp³-hybridized carbons (Fsp3) is 0.0435. The Morgan fingerprint density at radius 1 is 0.852 bits per heavy atom. The molecule has 3 rings (SSSR count). The largest absolute Gasteiger partial charge is 0.478 e. The minimum Gasteiger partial charge on any atom is -0.478 e. The molecule has 0 fully saturated rings. The van der Waals surface area contributed by atoms with E-state index in [4.69, 9.17) is 4.74 Å². The summed E-state index contributed by atoms with van der Waals surface area (Å²) in [5.41, 5.74) is 2.88. The molecule has 0 spiro atoms. The summed E-state index contributed by atoms with van der Waals surface area (Å²) in [4.78, 5) is 23.8. The van der Waals surface area contributed by atoms with Gasteiger partial charge in [0.1, 0.15) is 6.61 Å². The first-order valence-electron chi connectivity index (χ1n) is 8.45.